The van der Waals surface area contributed by atoms with Crippen LogP contribution >= 0.6 is 11.8 Å². The summed E-state index contributed by atoms with van der Waals surface area (Å²) in [5.41, 5.74) is 4.08. The van der Waals surface area contributed by atoms with Crippen molar-refractivity contribution in [2.45, 2.75) is 5.16 Å². The predicted octanol–water partition coefficient (Wildman–Crippen LogP) is 2.69. The topological polar surface area (TPSA) is 123 Å². The molecule has 2 aromatic rings. The van der Waals surface area contributed by atoms with Crippen LogP contribution in [0.3, 0.4) is 0 Å². The largest absolute Gasteiger partial charge is 0.477 e. The second kappa shape index (κ2) is 7.90. The van der Waals surface area contributed by atoms with Gasteiger partial charge in [0.15, 0.2) is 5.16 Å². The van der Waals surface area contributed by atoms with E-state index in [1.165, 1.54) is 24.2 Å². The maximum Gasteiger partial charge on any atom is 0.341 e. The van der Waals surface area contributed by atoms with Gasteiger partial charge in [0.1, 0.15) is 11.4 Å². The number of rotatable bonds is 7. The molecule has 9 heteroatoms. The molecule has 0 fully saturated rings. The average molecular weight is 330 g/mol. The number of thioether (sulfide) groups is 1. The minimum atomic E-state index is -1.11. The Labute approximate surface area is 136 Å². The van der Waals surface area contributed by atoms with Gasteiger partial charge < -0.3 is 15.8 Å². The first-order valence-electron chi connectivity index (χ1n) is 6.43. The van der Waals surface area contributed by atoms with Crippen molar-refractivity contribution >= 4 is 47.4 Å². The first-order chi connectivity index (χ1) is 11.1. The standard InChI is InChI=1S/C14H14N6O2S/c1-23-14-16-8-11(13(21)22)12(19-14)18-9-3-2-4-10(7-9)20-17-6-5-15/h2-8,15,20H,1H3,(H,21,22)(H,16,18,19)/b15-5?,17-6-. The van der Waals surface area contributed by atoms with Gasteiger partial charge in [-0.05, 0) is 24.5 Å². The van der Waals surface area contributed by atoms with Crippen molar-refractivity contribution in [3.63, 3.8) is 0 Å². The zero-order valence-corrected chi connectivity index (χ0v) is 13.0. The van der Waals surface area contributed by atoms with Crippen LogP contribution in [0.25, 0.3) is 0 Å². The summed E-state index contributed by atoms with van der Waals surface area (Å²) in [4.78, 5) is 19.4. The van der Waals surface area contributed by atoms with Crippen LogP contribution in [0.2, 0.25) is 0 Å². The van der Waals surface area contributed by atoms with Gasteiger partial charge in [-0.15, -0.1) is 0 Å². The lowest BCUT2D eigenvalue weighted by molar-refractivity contribution is 0.0697. The number of hydrogen-bond donors (Lipinski definition) is 4. The first kappa shape index (κ1) is 16.4. The Morgan fingerprint density at radius 1 is 1.43 bits per heavy atom. The van der Waals surface area contributed by atoms with Gasteiger partial charge >= 0.3 is 5.97 Å². The number of carboxylic acids is 1. The van der Waals surface area contributed by atoms with Gasteiger partial charge in [-0.1, -0.05) is 17.8 Å². The molecule has 8 nitrogen and oxygen atoms in total. The molecular formula is C14H14N6O2S. The summed E-state index contributed by atoms with van der Waals surface area (Å²) in [6, 6.07) is 7.09. The van der Waals surface area contributed by atoms with E-state index in [0.29, 0.717) is 16.5 Å². The lowest BCUT2D eigenvalue weighted by Crippen LogP contribution is -2.07. The van der Waals surface area contributed by atoms with E-state index in [1.54, 1.807) is 24.3 Å². The number of aromatic nitrogens is 2. The third kappa shape index (κ3) is 4.51. The zero-order chi connectivity index (χ0) is 16.7. The Morgan fingerprint density at radius 3 is 2.91 bits per heavy atom. The number of hydrazone groups is 1. The molecule has 0 bridgehead atoms. The maximum atomic E-state index is 11.3. The number of carboxylic acid groups (broad SMARTS) is 1. The quantitative estimate of drug-likeness (QED) is 0.266. The van der Waals surface area contributed by atoms with Crippen molar-refractivity contribution in [2.75, 3.05) is 17.0 Å². The average Bonchev–Trinajstić information content (AvgIpc) is 2.55. The van der Waals surface area contributed by atoms with E-state index >= 15 is 0 Å². The molecule has 1 aromatic carbocycles. The lowest BCUT2D eigenvalue weighted by Gasteiger charge is -2.10. The Hall–Kier alpha value is -2.94. The van der Waals surface area contributed by atoms with Crippen LogP contribution in [0.5, 0.6) is 0 Å². The molecule has 0 radical (unpaired) electrons. The number of nitrogens with one attached hydrogen (secondary N) is 3. The molecule has 0 amide bonds. The van der Waals surface area contributed by atoms with Gasteiger partial charge in [0.25, 0.3) is 0 Å². The Balaban J connectivity index is 2.27. The second-order valence-electron chi connectivity index (χ2n) is 4.19. The highest BCUT2D eigenvalue weighted by molar-refractivity contribution is 7.98. The smallest absolute Gasteiger partial charge is 0.341 e. The van der Waals surface area contributed by atoms with Crippen LogP contribution in [0.1, 0.15) is 10.4 Å². The molecule has 0 atom stereocenters. The summed E-state index contributed by atoms with van der Waals surface area (Å²) in [7, 11) is 0. The van der Waals surface area contributed by atoms with Crippen LogP contribution in [-0.2, 0) is 0 Å². The predicted molar refractivity (Wildman–Crippen MR) is 91.4 cm³/mol. The Bertz CT molecular complexity index is 750. The molecule has 1 aromatic heterocycles. The van der Waals surface area contributed by atoms with Gasteiger partial charge in [0.05, 0.1) is 11.9 Å². The monoisotopic (exact) mass is 330 g/mol. The van der Waals surface area contributed by atoms with Gasteiger partial charge in [-0.2, -0.15) is 5.10 Å². The highest BCUT2D eigenvalue weighted by Gasteiger charge is 2.13. The first-order valence-corrected chi connectivity index (χ1v) is 7.66. The molecule has 0 spiro atoms. The molecule has 0 saturated carbocycles. The highest BCUT2D eigenvalue weighted by Crippen LogP contribution is 2.23. The molecule has 118 valence electrons. The summed E-state index contributed by atoms with van der Waals surface area (Å²) in [5, 5.41) is 23.4. The fourth-order valence-corrected chi connectivity index (χ4v) is 2.01. The van der Waals surface area contributed by atoms with E-state index in [1.807, 2.05) is 6.26 Å². The lowest BCUT2D eigenvalue weighted by atomic mass is 10.2. The number of benzene rings is 1. The van der Waals surface area contributed by atoms with Crippen molar-refractivity contribution in [1.29, 1.82) is 5.41 Å². The summed E-state index contributed by atoms with van der Waals surface area (Å²) in [6.07, 6.45) is 5.45. The van der Waals surface area contributed by atoms with Gasteiger partial charge in [-0.25, -0.2) is 14.8 Å². The Morgan fingerprint density at radius 2 is 2.22 bits per heavy atom. The Kier molecular flexibility index (Phi) is 5.64. The SMILES string of the molecule is CSc1ncc(C(=O)O)c(Nc2cccc(N/N=C\C=N)c2)n1. The summed E-state index contributed by atoms with van der Waals surface area (Å²) in [5.74, 6) is -0.887. The zero-order valence-electron chi connectivity index (χ0n) is 12.1. The number of hydrogen-bond acceptors (Lipinski definition) is 8. The molecule has 0 aliphatic heterocycles. The van der Waals surface area contributed by atoms with Crippen LogP contribution in [-0.4, -0.2) is 39.7 Å². The van der Waals surface area contributed by atoms with Gasteiger partial charge in [0, 0.05) is 18.1 Å². The molecule has 4 N–H and O–H groups in total. The second-order valence-corrected chi connectivity index (χ2v) is 4.96. The minimum Gasteiger partial charge on any atom is -0.477 e. The van der Waals surface area contributed by atoms with Crippen LogP contribution in [0, 0.1) is 5.41 Å². The van der Waals surface area contributed by atoms with Gasteiger partial charge in [-0.3, -0.25) is 5.43 Å². The normalized spacial score (nSPS) is 10.5. The third-order valence-electron chi connectivity index (χ3n) is 2.65. The van der Waals surface area contributed by atoms with E-state index in [4.69, 9.17) is 5.41 Å². The molecule has 1 heterocycles. The van der Waals surface area contributed by atoms with Crippen molar-refractivity contribution in [2.24, 2.45) is 5.10 Å². The number of anilines is 3. The van der Waals surface area contributed by atoms with Crippen molar-refractivity contribution in [3.8, 4) is 0 Å². The van der Waals surface area contributed by atoms with Crippen molar-refractivity contribution < 1.29 is 9.90 Å². The van der Waals surface area contributed by atoms with Gasteiger partial charge in [0.2, 0.25) is 0 Å². The van der Waals surface area contributed by atoms with E-state index in [2.05, 4.69) is 25.8 Å². The molecule has 0 aliphatic rings. The molecule has 0 unspecified atom stereocenters. The van der Waals surface area contributed by atoms with Crippen LogP contribution < -0.4 is 10.7 Å². The van der Waals surface area contributed by atoms with E-state index in [0.717, 1.165) is 6.21 Å². The summed E-state index contributed by atoms with van der Waals surface area (Å²) >= 11 is 1.32. The number of aromatic carboxylic acids is 1. The van der Waals surface area contributed by atoms with Crippen molar-refractivity contribution in [1.82, 2.24) is 9.97 Å². The molecule has 2 rings (SSSR count). The molecule has 23 heavy (non-hydrogen) atoms. The highest BCUT2D eigenvalue weighted by atomic mass is 32.2. The van der Waals surface area contributed by atoms with Crippen LogP contribution in [0.4, 0.5) is 17.2 Å². The molecular weight excluding hydrogens is 316 g/mol. The van der Waals surface area contributed by atoms with E-state index < -0.39 is 5.97 Å². The minimum absolute atomic E-state index is 0.0111. The maximum absolute atomic E-state index is 11.3. The third-order valence-corrected chi connectivity index (χ3v) is 3.21. The van der Waals surface area contributed by atoms with Crippen LogP contribution in [0.15, 0.2) is 40.7 Å². The fourth-order valence-electron chi connectivity index (χ4n) is 1.67. The summed E-state index contributed by atoms with van der Waals surface area (Å²) < 4.78 is 0. The van der Waals surface area contributed by atoms with E-state index in [-0.39, 0.29) is 11.4 Å². The molecule has 0 aliphatic carbocycles. The fraction of sp³-hybridized carbons (Fsp3) is 0.0714. The number of nitrogens with zero attached hydrogens (tertiary/aromatic N) is 3. The number of carbonyl (C=O) groups is 1. The molecule has 0 saturated heterocycles. The van der Waals surface area contributed by atoms with E-state index in [9.17, 15) is 9.90 Å². The summed E-state index contributed by atoms with van der Waals surface area (Å²) in [6.45, 7) is 0. The van der Waals surface area contributed by atoms with Crippen molar-refractivity contribution in [3.05, 3.63) is 36.0 Å².